The Labute approximate surface area is 119 Å². The number of aliphatic carboxylic acids is 1. The largest absolute Gasteiger partial charge is 0.480 e. The molecule has 1 aromatic carbocycles. The highest BCUT2D eigenvalue weighted by Gasteiger charge is 2.39. The maximum Gasteiger partial charge on any atom is 0.329 e. The molecular formula is C12H14BrClN2O2. The number of hydrogen-bond donors (Lipinski definition) is 3. The first kappa shape index (κ1) is 13.6. The summed E-state index contributed by atoms with van der Waals surface area (Å²) in [5, 5.41) is 16.4. The second kappa shape index (κ2) is 5.47. The first-order valence-corrected chi connectivity index (χ1v) is 6.88. The fourth-order valence-electron chi connectivity index (χ4n) is 2.10. The minimum atomic E-state index is -0.890. The van der Waals surface area contributed by atoms with Crippen molar-refractivity contribution in [2.75, 3.05) is 18.4 Å². The lowest BCUT2D eigenvalue weighted by atomic mass is 9.88. The molecule has 0 amide bonds. The molecule has 0 saturated carbocycles. The van der Waals surface area contributed by atoms with Crippen LogP contribution in [0.5, 0.6) is 0 Å². The summed E-state index contributed by atoms with van der Waals surface area (Å²) in [6.07, 6.45) is 1.12. The maximum atomic E-state index is 11.5. The highest BCUT2D eigenvalue weighted by Crippen LogP contribution is 2.29. The van der Waals surface area contributed by atoms with E-state index in [1.165, 1.54) is 0 Å². The number of carboxylic acid groups (broad SMARTS) is 1. The fourth-order valence-corrected chi connectivity index (χ4v) is 2.59. The monoisotopic (exact) mass is 332 g/mol. The number of benzene rings is 1. The number of carbonyl (C=O) groups is 1. The Morgan fingerprint density at radius 2 is 2.11 bits per heavy atom. The van der Waals surface area contributed by atoms with Gasteiger partial charge in [-0.25, -0.2) is 4.79 Å². The zero-order valence-corrected chi connectivity index (χ0v) is 12.0. The van der Waals surface area contributed by atoms with Crippen molar-refractivity contribution in [1.29, 1.82) is 0 Å². The van der Waals surface area contributed by atoms with E-state index in [-0.39, 0.29) is 0 Å². The molecule has 4 nitrogen and oxygen atoms in total. The van der Waals surface area contributed by atoms with E-state index in [1.807, 2.05) is 0 Å². The van der Waals surface area contributed by atoms with Crippen molar-refractivity contribution in [2.45, 2.75) is 18.4 Å². The lowest BCUT2D eigenvalue weighted by Gasteiger charge is -2.35. The van der Waals surface area contributed by atoms with Gasteiger partial charge in [-0.2, -0.15) is 0 Å². The predicted molar refractivity (Wildman–Crippen MR) is 75.2 cm³/mol. The summed E-state index contributed by atoms with van der Waals surface area (Å²) in [5.74, 6) is -0.810. The van der Waals surface area contributed by atoms with E-state index in [0.29, 0.717) is 31.0 Å². The zero-order valence-electron chi connectivity index (χ0n) is 9.67. The summed E-state index contributed by atoms with van der Waals surface area (Å²) < 4.78 is 0.753. The quantitative estimate of drug-likeness (QED) is 0.796. The first-order valence-electron chi connectivity index (χ1n) is 5.71. The summed E-state index contributed by atoms with van der Waals surface area (Å²) >= 11 is 9.25. The lowest BCUT2D eigenvalue weighted by molar-refractivity contribution is -0.143. The van der Waals surface area contributed by atoms with Crippen molar-refractivity contribution in [3.63, 3.8) is 0 Å². The van der Waals surface area contributed by atoms with Crippen molar-refractivity contribution >= 4 is 39.2 Å². The number of carboxylic acids is 1. The lowest BCUT2D eigenvalue weighted by Crippen LogP contribution is -2.53. The molecule has 98 valence electrons. The molecule has 1 aliphatic rings. The van der Waals surface area contributed by atoms with E-state index in [4.69, 9.17) is 11.6 Å². The molecule has 18 heavy (non-hydrogen) atoms. The number of nitrogens with one attached hydrogen (secondary N) is 2. The van der Waals surface area contributed by atoms with Crippen molar-refractivity contribution in [1.82, 2.24) is 5.32 Å². The van der Waals surface area contributed by atoms with Gasteiger partial charge in [0.05, 0.1) is 5.02 Å². The molecule has 1 heterocycles. The molecule has 0 aromatic heterocycles. The minimum absolute atomic E-state index is 0.558. The second-order valence-electron chi connectivity index (χ2n) is 4.39. The summed E-state index contributed by atoms with van der Waals surface area (Å²) in [7, 11) is 0. The van der Waals surface area contributed by atoms with Crippen molar-refractivity contribution in [2.24, 2.45) is 0 Å². The van der Waals surface area contributed by atoms with Gasteiger partial charge in [-0.15, -0.1) is 0 Å². The number of hydrogen-bond acceptors (Lipinski definition) is 3. The topological polar surface area (TPSA) is 61.4 Å². The Bertz CT molecular complexity index is 461. The molecule has 1 fully saturated rings. The van der Waals surface area contributed by atoms with Gasteiger partial charge in [0.1, 0.15) is 5.54 Å². The Morgan fingerprint density at radius 3 is 2.67 bits per heavy atom. The Balaban J connectivity index is 2.23. The van der Waals surface area contributed by atoms with Crippen LogP contribution in [0.3, 0.4) is 0 Å². The molecule has 2 rings (SSSR count). The highest BCUT2D eigenvalue weighted by molar-refractivity contribution is 9.10. The fraction of sp³-hybridized carbons (Fsp3) is 0.417. The Kier molecular flexibility index (Phi) is 4.14. The van der Waals surface area contributed by atoms with Gasteiger partial charge in [-0.1, -0.05) is 11.6 Å². The summed E-state index contributed by atoms with van der Waals surface area (Å²) in [4.78, 5) is 11.5. The van der Waals surface area contributed by atoms with Gasteiger partial charge < -0.3 is 15.7 Å². The van der Waals surface area contributed by atoms with E-state index < -0.39 is 11.5 Å². The second-order valence-corrected chi connectivity index (χ2v) is 5.65. The van der Waals surface area contributed by atoms with Gasteiger partial charge in [0, 0.05) is 10.2 Å². The molecule has 6 heteroatoms. The van der Waals surface area contributed by atoms with Crippen LogP contribution in [-0.2, 0) is 4.79 Å². The normalized spacial score (nSPS) is 18.3. The van der Waals surface area contributed by atoms with Gasteiger partial charge in [0.15, 0.2) is 0 Å². The molecular weight excluding hydrogens is 320 g/mol. The molecule has 1 aromatic rings. The summed E-state index contributed by atoms with van der Waals surface area (Å²) in [6.45, 7) is 1.40. The van der Waals surface area contributed by atoms with Gasteiger partial charge in [0.2, 0.25) is 0 Å². The molecule has 0 atom stereocenters. The van der Waals surface area contributed by atoms with E-state index in [1.54, 1.807) is 18.2 Å². The van der Waals surface area contributed by atoms with Crippen LogP contribution in [-0.4, -0.2) is 29.7 Å². The van der Waals surface area contributed by atoms with E-state index in [2.05, 4.69) is 26.6 Å². The number of anilines is 1. The van der Waals surface area contributed by atoms with E-state index in [0.717, 1.165) is 10.2 Å². The number of rotatable bonds is 3. The molecule has 3 N–H and O–H groups in total. The van der Waals surface area contributed by atoms with Gasteiger partial charge in [-0.3, -0.25) is 0 Å². The van der Waals surface area contributed by atoms with Crippen LogP contribution >= 0.6 is 27.5 Å². The molecule has 0 bridgehead atoms. The van der Waals surface area contributed by atoms with Crippen LogP contribution in [0.25, 0.3) is 0 Å². The smallest absolute Gasteiger partial charge is 0.329 e. The molecule has 0 radical (unpaired) electrons. The van der Waals surface area contributed by atoms with Gasteiger partial charge >= 0.3 is 5.97 Å². The van der Waals surface area contributed by atoms with Crippen LogP contribution in [0.4, 0.5) is 5.69 Å². The van der Waals surface area contributed by atoms with Gasteiger partial charge in [0.25, 0.3) is 0 Å². The van der Waals surface area contributed by atoms with Crippen molar-refractivity contribution < 1.29 is 9.90 Å². The van der Waals surface area contributed by atoms with E-state index in [9.17, 15) is 9.90 Å². The predicted octanol–water partition coefficient (Wildman–Crippen LogP) is 2.72. The van der Waals surface area contributed by atoms with Crippen LogP contribution in [0.2, 0.25) is 5.02 Å². The van der Waals surface area contributed by atoms with Crippen molar-refractivity contribution in [3.05, 3.63) is 27.7 Å². The van der Waals surface area contributed by atoms with Crippen LogP contribution in [0.1, 0.15) is 12.8 Å². The first-order chi connectivity index (χ1) is 8.53. The third-order valence-corrected chi connectivity index (χ3v) is 4.38. The zero-order chi connectivity index (χ0) is 13.2. The molecule has 1 saturated heterocycles. The SMILES string of the molecule is O=C(O)C1(Nc2ccc(Cl)c(Br)c2)CCNCC1. The Morgan fingerprint density at radius 1 is 1.44 bits per heavy atom. The standard InChI is InChI=1S/C12H14BrClN2O2/c13-9-7-8(1-2-10(9)14)16-12(11(17)18)3-5-15-6-4-12/h1-2,7,15-16H,3-6H2,(H,17,18). The van der Waals surface area contributed by atoms with E-state index >= 15 is 0 Å². The number of piperidine rings is 1. The Hall–Kier alpha value is -0.780. The molecule has 0 aliphatic carbocycles. The van der Waals surface area contributed by atoms with Crippen LogP contribution < -0.4 is 10.6 Å². The average Bonchev–Trinajstić information content (AvgIpc) is 2.35. The molecule has 1 aliphatic heterocycles. The average molecular weight is 334 g/mol. The molecule has 0 unspecified atom stereocenters. The van der Waals surface area contributed by atoms with Crippen LogP contribution in [0, 0.1) is 0 Å². The number of halogens is 2. The maximum absolute atomic E-state index is 11.5. The third kappa shape index (κ3) is 2.79. The minimum Gasteiger partial charge on any atom is -0.480 e. The van der Waals surface area contributed by atoms with Crippen molar-refractivity contribution in [3.8, 4) is 0 Å². The molecule has 0 spiro atoms. The summed E-state index contributed by atoms with van der Waals surface area (Å²) in [5.41, 5.74) is -0.131. The highest BCUT2D eigenvalue weighted by atomic mass is 79.9. The van der Waals surface area contributed by atoms with Gasteiger partial charge in [-0.05, 0) is 60.1 Å². The summed E-state index contributed by atoms with van der Waals surface area (Å²) in [6, 6.07) is 5.33. The third-order valence-electron chi connectivity index (χ3n) is 3.17. The van der Waals surface area contributed by atoms with Crippen LogP contribution in [0.15, 0.2) is 22.7 Å².